The number of sulfonamides is 1. The monoisotopic (exact) mass is 467 g/mol. The average molecular weight is 468 g/mol. The second-order valence-electron chi connectivity index (χ2n) is 7.49. The molecule has 8 heteroatoms. The van der Waals surface area contributed by atoms with Crippen molar-refractivity contribution in [3.05, 3.63) is 72.8 Å². The number of carbonyl (C=O) groups is 1. The van der Waals surface area contributed by atoms with E-state index in [-0.39, 0.29) is 11.7 Å². The van der Waals surface area contributed by atoms with E-state index in [1.807, 2.05) is 31.2 Å². The fraction of sp³-hybridized carbons (Fsp3) is 0.208. The van der Waals surface area contributed by atoms with Crippen molar-refractivity contribution in [1.82, 2.24) is 0 Å². The lowest BCUT2D eigenvalue weighted by Gasteiger charge is -2.32. The number of rotatable bonds is 8. The van der Waals surface area contributed by atoms with Gasteiger partial charge >= 0.3 is 0 Å². The van der Waals surface area contributed by atoms with Gasteiger partial charge in [-0.05, 0) is 55.0 Å². The van der Waals surface area contributed by atoms with Crippen molar-refractivity contribution in [2.75, 3.05) is 27.2 Å². The number of carbonyl (C=O) groups excluding carboxylic acids is 1. The molecule has 0 aromatic heterocycles. The zero-order valence-corrected chi connectivity index (χ0v) is 19.4. The third kappa shape index (κ3) is 5.26. The first-order valence-electron chi connectivity index (χ1n) is 10.5. The van der Waals surface area contributed by atoms with Crippen molar-refractivity contribution < 1.29 is 13.2 Å². The molecule has 0 spiro atoms. The van der Waals surface area contributed by atoms with Crippen LogP contribution in [0.5, 0.6) is 0 Å². The predicted molar refractivity (Wildman–Crippen MR) is 131 cm³/mol. The summed E-state index contributed by atoms with van der Waals surface area (Å²) in [5, 5.41) is 2.90. The number of anilines is 4. The molecular weight excluding hydrogens is 442 g/mol. The fourth-order valence-electron chi connectivity index (χ4n) is 3.58. The molecule has 6 nitrogen and oxygen atoms in total. The van der Waals surface area contributed by atoms with Crippen molar-refractivity contribution in [2.24, 2.45) is 0 Å². The second-order valence-corrected chi connectivity index (χ2v) is 10.4. The van der Waals surface area contributed by atoms with E-state index < -0.39 is 10.0 Å². The van der Waals surface area contributed by atoms with Gasteiger partial charge in [0.15, 0.2) is 0 Å². The maximum atomic E-state index is 12.6. The highest BCUT2D eigenvalue weighted by Gasteiger charge is 2.23. The molecule has 1 aliphatic rings. The number of hydrogen-bond acceptors (Lipinski definition) is 5. The zero-order valence-electron chi connectivity index (χ0n) is 17.7. The average Bonchev–Trinajstić information content (AvgIpc) is 2.77. The number of fused-ring (bicyclic) bond motifs is 2. The second kappa shape index (κ2) is 9.67. The van der Waals surface area contributed by atoms with Crippen LogP contribution < -0.4 is 14.9 Å². The summed E-state index contributed by atoms with van der Waals surface area (Å²) in [5.41, 5.74) is 3.32. The molecule has 0 unspecified atom stereocenters. The number of nitrogens with zero attached hydrogens (tertiary/aromatic N) is 1. The lowest BCUT2D eigenvalue weighted by molar-refractivity contribution is -0.116. The molecule has 0 radical (unpaired) electrons. The third-order valence-corrected chi connectivity index (χ3v) is 7.63. The Balaban J connectivity index is 1.40. The minimum atomic E-state index is -3.34. The minimum absolute atomic E-state index is 0.0761. The van der Waals surface area contributed by atoms with Crippen LogP contribution in [0, 0.1) is 0 Å². The van der Waals surface area contributed by atoms with Gasteiger partial charge in [0.1, 0.15) is 0 Å². The number of benzene rings is 3. The van der Waals surface area contributed by atoms with Crippen molar-refractivity contribution >= 4 is 50.4 Å². The van der Waals surface area contributed by atoms with Crippen LogP contribution in [0.2, 0.25) is 0 Å². The van der Waals surface area contributed by atoms with E-state index in [0.717, 1.165) is 11.4 Å². The van der Waals surface area contributed by atoms with Gasteiger partial charge in [-0.15, -0.1) is 0 Å². The maximum absolute atomic E-state index is 12.6. The molecule has 0 atom stereocenters. The van der Waals surface area contributed by atoms with E-state index in [4.69, 9.17) is 0 Å². The molecule has 1 amide bonds. The van der Waals surface area contributed by atoms with Crippen molar-refractivity contribution in [2.45, 2.75) is 29.6 Å². The molecule has 4 rings (SSSR count). The van der Waals surface area contributed by atoms with Crippen molar-refractivity contribution in [1.29, 1.82) is 0 Å². The summed E-state index contributed by atoms with van der Waals surface area (Å²) in [4.78, 5) is 17.2. The van der Waals surface area contributed by atoms with Gasteiger partial charge in [0.25, 0.3) is 0 Å². The smallest absolute Gasteiger partial charge is 0.232 e. The number of nitrogens with one attached hydrogen (secondary N) is 2. The molecule has 1 aliphatic heterocycles. The molecule has 1 heterocycles. The van der Waals surface area contributed by atoms with Gasteiger partial charge in [-0.2, -0.15) is 0 Å². The van der Waals surface area contributed by atoms with E-state index >= 15 is 0 Å². The Hall–Kier alpha value is -2.97. The quantitative estimate of drug-likeness (QED) is 0.459. The predicted octanol–water partition coefficient (Wildman–Crippen LogP) is 5.47. The van der Waals surface area contributed by atoms with Gasteiger partial charge in [0, 0.05) is 34.1 Å². The van der Waals surface area contributed by atoms with E-state index in [1.54, 1.807) is 36.0 Å². The van der Waals surface area contributed by atoms with Crippen LogP contribution >= 0.6 is 11.8 Å². The Labute approximate surface area is 193 Å². The first-order valence-corrected chi connectivity index (χ1v) is 13.0. The molecule has 166 valence electrons. The van der Waals surface area contributed by atoms with Crippen LogP contribution in [-0.2, 0) is 14.8 Å². The van der Waals surface area contributed by atoms with Gasteiger partial charge in [-0.1, -0.05) is 43.0 Å². The van der Waals surface area contributed by atoms with Crippen LogP contribution in [0.4, 0.5) is 22.7 Å². The molecule has 0 saturated heterocycles. The summed E-state index contributed by atoms with van der Waals surface area (Å²) in [7, 11) is -3.34. The highest BCUT2D eigenvalue weighted by molar-refractivity contribution is 7.99. The minimum Gasteiger partial charge on any atom is -0.339 e. The van der Waals surface area contributed by atoms with E-state index in [0.29, 0.717) is 30.8 Å². The summed E-state index contributed by atoms with van der Waals surface area (Å²) in [6, 6.07) is 23.1. The van der Waals surface area contributed by atoms with Gasteiger partial charge < -0.3 is 10.2 Å². The zero-order chi connectivity index (χ0) is 22.6. The number of para-hydroxylation sites is 2. The van der Waals surface area contributed by atoms with Crippen LogP contribution in [0.15, 0.2) is 82.6 Å². The molecule has 3 aromatic rings. The van der Waals surface area contributed by atoms with Crippen molar-refractivity contribution in [3.63, 3.8) is 0 Å². The van der Waals surface area contributed by atoms with Crippen LogP contribution in [0.25, 0.3) is 0 Å². The summed E-state index contributed by atoms with van der Waals surface area (Å²) in [6.07, 6.45) is 0.867. The Morgan fingerprint density at radius 1 is 0.875 bits per heavy atom. The van der Waals surface area contributed by atoms with Gasteiger partial charge in [0.2, 0.25) is 15.9 Å². The van der Waals surface area contributed by atoms with E-state index in [2.05, 4.69) is 39.2 Å². The molecule has 2 N–H and O–H groups in total. The Bertz CT molecular complexity index is 1170. The highest BCUT2D eigenvalue weighted by atomic mass is 32.2. The summed E-state index contributed by atoms with van der Waals surface area (Å²) in [6.45, 7) is 2.37. The lowest BCUT2D eigenvalue weighted by atomic mass is 10.2. The topological polar surface area (TPSA) is 78.5 Å². The van der Waals surface area contributed by atoms with Gasteiger partial charge in [0.05, 0.1) is 17.1 Å². The first kappa shape index (κ1) is 22.2. The largest absolute Gasteiger partial charge is 0.339 e. The Morgan fingerprint density at radius 3 is 2.03 bits per heavy atom. The van der Waals surface area contributed by atoms with Crippen molar-refractivity contribution in [3.8, 4) is 0 Å². The normalized spacial score (nSPS) is 12.6. The van der Waals surface area contributed by atoms with E-state index in [9.17, 15) is 13.2 Å². The SMILES string of the molecule is CCCS(=O)(=O)Nc1ccc(NC(=O)CCN2c3ccccc3Sc3ccccc32)cc1. The fourth-order valence-corrected chi connectivity index (χ4v) is 5.81. The molecule has 0 bridgehead atoms. The maximum Gasteiger partial charge on any atom is 0.232 e. The van der Waals surface area contributed by atoms with Crippen LogP contribution in [0.1, 0.15) is 19.8 Å². The van der Waals surface area contributed by atoms with Gasteiger partial charge in [-0.3, -0.25) is 9.52 Å². The first-order chi connectivity index (χ1) is 15.4. The van der Waals surface area contributed by atoms with Crippen LogP contribution in [0.3, 0.4) is 0 Å². The molecule has 0 fully saturated rings. The number of hydrogen-bond donors (Lipinski definition) is 2. The molecule has 0 aliphatic carbocycles. The highest BCUT2D eigenvalue weighted by Crippen LogP contribution is 2.47. The molecule has 32 heavy (non-hydrogen) atoms. The van der Waals surface area contributed by atoms with E-state index in [1.165, 1.54) is 9.79 Å². The summed E-state index contributed by atoms with van der Waals surface area (Å²) in [5.74, 6) is -0.0234. The Kier molecular flexibility index (Phi) is 6.72. The Morgan fingerprint density at radius 2 is 1.44 bits per heavy atom. The number of amides is 1. The van der Waals surface area contributed by atoms with Crippen LogP contribution in [-0.4, -0.2) is 26.6 Å². The molecule has 3 aromatic carbocycles. The molecular formula is C24H25N3O3S2. The lowest BCUT2D eigenvalue weighted by Crippen LogP contribution is -2.25. The third-order valence-electron chi connectivity index (χ3n) is 5.01. The van der Waals surface area contributed by atoms with Gasteiger partial charge in [-0.25, -0.2) is 8.42 Å². The standard InChI is InChI=1S/C24H25N3O3S2/c1-2-17-32(29,30)26-19-13-11-18(12-14-19)25-24(28)15-16-27-20-7-3-5-9-22(20)31-23-10-6-4-8-21(23)27/h3-14,26H,2,15-17H2,1H3,(H,25,28). The molecule has 0 saturated carbocycles. The summed E-state index contributed by atoms with van der Waals surface area (Å²) >= 11 is 1.74. The summed E-state index contributed by atoms with van der Waals surface area (Å²) < 4.78 is 26.3.